The molecule has 2 aromatic carbocycles. The van der Waals surface area contributed by atoms with E-state index in [2.05, 4.69) is 4.98 Å². The van der Waals surface area contributed by atoms with Crippen LogP contribution in [0.15, 0.2) is 48.7 Å². The first-order valence-electron chi connectivity index (χ1n) is 6.00. The minimum Gasteiger partial charge on any atom is -0.505 e. The molecule has 0 saturated carbocycles. The lowest BCUT2D eigenvalue weighted by Crippen LogP contribution is -1.88. The van der Waals surface area contributed by atoms with Crippen LogP contribution < -0.4 is 0 Å². The number of hydrogen-bond donors (Lipinski definition) is 1. The summed E-state index contributed by atoms with van der Waals surface area (Å²) in [5.74, 6) is -0.361. The number of rotatable bonds is 1. The Hall–Kier alpha value is -2.42. The highest BCUT2D eigenvalue weighted by Gasteiger charge is 2.13. The maximum Gasteiger partial charge on any atom is 0.149 e. The Balaban J connectivity index is 2.34. The standard InChI is InChI=1S/C16H12FNO/c1-10-4-2-5-11(8-10)13-9-14(17)12-6-3-7-18-15(12)16(13)19/h2-9,19H,1H3. The second kappa shape index (κ2) is 4.35. The second-order valence-corrected chi connectivity index (χ2v) is 4.52. The summed E-state index contributed by atoms with van der Waals surface area (Å²) in [4.78, 5) is 4.06. The highest BCUT2D eigenvalue weighted by Crippen LogP contribution is 2.36. The number of aryl methyl sites for hydroxylation is 1. The molecule has 0 unspecified atom stereocenters. The molecular formula is C16H12FNO. The summed E-state index contributed by atoms with van der Waals surface area (Å²) in [7, 11) is 0. The van der Waals surface area contributed by atoms with Gasteiger partial charge in [-0.05, 0) is 30.7 Å². The lowest BCUT2D eigenvalue weighted by atomic mass is 10.0. The van der Waals surface area contributed by atoms with E-state index in [1.54, 1.807) is 18.3 Å². The van der Waals surface area contributed by atoms with E-state index in [-0.39, 0.29) is 11.6 Å². The van der Waals surface area contributed by atoms with Crippen LogP contribution in [0.3, 0.4) is 0 Å². The van der Waals surface area contributed by atoms with Gasteiger partial charge in [-0.15, -0.1) is 0 Å². The van der Waals surface area contributed by atoms with Crippen LogP contribution in [0.25, 0.3) is 22.0 Å². The fourth-order valence-corrected chi connectivity index (χ4v) is 2.22. The number of halogens is 1. The van der Waals surface area contributed by atoms with E-state index in [0.29, 0.717) is 16.5 Å². The van der Waals surface area contributed by atoms with Crippen molar-refractivity contribution in [2.75, 3.05) is 0 Å². The van der Waals surface area contributed by atoms with Crippen LogP contribution in [-0.2, 0) is 0 Å². The van der Waals surface area contributed by atoms with Crippen molar-refractivity contribution in [3.05, 3.63) is 60.0 Å². The van der Waals surface area contributed by atoms with Gasteiger partial charge in [0.2, 0.25) is 0 Å². The third-order valence-electron chi connectivity index (χ3n) is 3.14. The Morgan fingerprint density at radius 3 is 2.74 bits per heavy atom. The fourth-order valence-electron chi connectivity index (χ4n) is 2.22. The SMILES string of the molecule is Cc1cccc(-c2cc(F)c3cccnc3c2O)c1. The molecule has 94 valence electrons. The molecule has 0 aliphatic rings. The number of pyridine rings is 1. The highest BCUT2D eigenvalue weighted by molar-refractivity contribution is 5.92. The predicted molar refractivity (Wildman–Crippen MR) is 73.5 cm³/mol. The molecule has 0 fully saturated rings. The number of fused-ring (bicyclic) bond motifs is 1. The average molecular weight is 253 g/mol. The van der Waals surface area contributed by atoms with Crippen LogP contribution >= 0.6 is 0 Å². The van der Waals surface area contributed by atoms with Crippen LogP contribution in [-0.4, -0.2) is 10.1 Å². The minimum atomic E-state index is -0.377. The van der Waals surface area contributed by atoms with Gasteiger partial charge in [-0.25, -0.2) is 4.39 Å². The van der Waals surface area contributed by atoms with E-state index >= 15 is 0 Å². The second-order valence-electron chi connectivity index (χ2n) is 4.52. The zero-order chi connectivity index (χ0) is 13.4. The van der Waals surface area contributed by atoms with E-state index in [1.807, 2.05) is 31.2 Å². The quantitative estimate of drug-likeness (QED) is 0.709. The molecule has 0 aliphatic heterocycles. The third kappa shape index (κ3) is 1.93. The highest BCUT2D eigenvalue weighted by atomic mass is 19.1. The van der Waals surface area contributed by atoms with Crippen molar-refractivity contribution in [1.29, 1.82) is 0 Å². The van der Waals surface area contributed by atoms with Gasteiger partial charge in [-0.3, -0.25) is 4.98 Å². The molecule has 1 heterocycles. The molecule has 3 rings (SSSR count). The smallest absolute Gasteiger partial charge is 0.149 e. The number of phenolic OH excluding ortho intramolecular Hbond substituents is 1. The molecular weight excluding hydrogens is 241 g/mol. The normalized spacial score (nSPS) is 10.8. The summed E-state index contributed by atoms with van der Waals surface area (Å²) in [6, 6.07) is 12.2. The Morgan fingerprint density at radius 2 is 1.95 bits per heavy atom. The number of hydrogen-bond acceptors (Lipinski definition) is 2. The molecule has 1 aromatic heterocycles. The predicted octanol–water partition coefficient (Wildman–Crippen LogP) is 4.05. The van der Waals surface area contributed by atoms with E-state index < -0.39 is 0 Å². The number of aromatic hydroxyl groups is 1. The van der Waals surface area contributed by atoms with E-state index in [1.165, 1.54) is 6.07 Å². The Bertz CT molecular complexity index is 768. The summed E-state index contributed by atoms with van der Waals surface area (Å²) in [5, 5.41) is 10.6. The largest absolute Gasteiger partial charge is 0.505 e. The number of aromatic nitrogens is 1. The lowest BCUT2D eigenvalue weighted by molar-refractivity contribution is 0.481. The summed E-state index contributed by atoms with van der Waals surface area (Å²) >= 11 is 0. The summed E-state index contributed by atoms with van der Waals surface area (Å²) in [6.07, 6.45) is 1.54. The molecule has 0 aliphatic carbocycles. The van der Waals surface area contributed by atoms with Crippen LogP contribution in [0, 0.1) is 12.7 Å². The van der Waals surface area contributed by atoms with Gasteiger partial charge in [0.1, 0.15) is 17.1 Å². The first-order chi connectivity index (χ1) is 9.16. The van der Waals surface area contributed by atoms with Crippen molar-refractivity contribution in [3.8, 4) is 16.9 Å². The molecule has 0 bridgehead atoms. The van der Waals surface area contributed by atoms with E-state index in [4.69, 9.17) is 0 Å². The molecule has 1 N–H and O–H groups in total. The van der Waals surface area contributed by atoms with Gasteiger partial charge in [0.05, 0.1) is 0 Å². The Labute approximate surface area is 110 Å². The van der Waals surface area contributed by atoms with Crippen molar-refractivity contribution in [2.24, 2.45) is 0 Å². The van der Waals surface area contributed by atoms with Crippen molar-refractivity contribution in [2.45, 2.75) is 6.92 Å². The summed E-state index contributed by atoms with van der Waals surface area (Å²) in [5.41, 5.74) is 2.59. The molecule has 0 atom stereocenters. The molecule has 0 spiro atoms. The van der Waals surface area contributed by atoms with Gasteiger partial charge < -0.3 is 5.11 Å². The first-order valence-corrected chi connectivity index (χ1v) is 6.00. The molecule has 19 heavy (non-hydrogen) atoms. The van der Waals surface area contributed by atoms with Gasteiger partial charge in [-0.1, -0.05) is 29.8 Å². The van der Waals surface area contributed by atoms with Gasteiger partial charge >= 0.3 is 0 Å². The zero-order valence-electron chi connectivity index (χ0n) is 10.4. The van der Waals surface area contributed by atoms with E-state index in [0.717, 1.165) is 11.1 Å². The third-order valence-corrected chi connectivity index (χ3v) is 3.14. The maximum absolute atomic E-state index is 14.1. The van der Waals surface area contributed by atoms with Gasteiger partial charge in [0.25, 0.3) is 0 Å². The molecule has 2 nitrogen and oxygen atoms in total. The first kappa shape index (κ1) is 11.7. The number of benzene rings is 2. The van der Waals surface area contributed by atoms with Gasteiger partial charge in [0.15, 0.2) is 0 Å². The minimum absolute atomic E-state index is 0.0163. The lowest BCUT2D eigenvalue weighted by Gasteiger charge is -2.09. The van der Waals surface area contributed by atoms with Crippen molar-refractivity contribution in [3.63, 3.8) is 0 Å². The van der Waals surface area contributed by atoms with Gasteiger partial charge in [0, 0.05) is 17.1 Å². The number of phenols is 1. The maximum atomic E-state index is 14.1. The Morgan fingerprint density at radius 1 is 1.11 bits per heavy atom. The molecule has 3 aromatic rings. The fraction of sp³-hybridized carbons (Fsp3) is 0.0625. The summed E-state index contributed by atoms with van der Waals surface area (Å²) < 4.78 is 14.1. The van der Waals surface area contributed by atoms with Crippen molar-refractivity contribution in [1.82, 2.24) is 4.98 Å². The topological polar surface area (TPSA) is 33.1 Å². The van der Waals surface area contributed by atoms with Crippen LogP contribution in [0.2, 0.25) is 0 Å². The van der Waals surface area contributed by atoms with E-state index in [9.17, 15) is 9.50 Å². The Kier molecular flexibility index (Phi) is 2.67. The van der Waals surface area contributed by atoms with Crippen LogP contribution in [0.5, 0.6) is 5.75 Å². The average Bonchev–Trinajstić information content (AvgIpc) is 2.43. The van der Waals surface area contributed by atoms with Crippen LogP contribution in [0.1, 0.15) is 5.56 Å². The van der Waals surface area contributed by atoms with Gasteiger partial charge in [-0.2, -0.15) is 0 Å². The van der Waals surface area contributed by atoms with Crippen LogP contribution in [0.4, 0.5) is 4.39 Å². The monoisotopic (exact) mass is 253 g/mol. The molecule has 0 saturated heterocycles. The summed E-state index contributed by atoms with van der Waals surface area (Å²) in [6.45, 7) is 1.95. The van der Waals surface area contributed by atoms with Crippen molar-refractivity contribution < 1.29 is 9.50 Å². The number of nitrogens with zero attached hydrogens (tertiary/aromatic N) is 1. The molecule has 0 radical (unpaired) electrons. The van der Waals surface area contributed by atoms with Crippen molar-refractivity contribution >= 4 is 10.9 Å². The molecule has 3 heteroatoms. The zero-order valence-corrected chi connectivity index (χ0v) is 10.4. The molecule has 0 amide bonds.